The maximum absolute atomic E-state index is 13.2. The number of nitrogens with zero attached hydrogens (tertiary/aromatic N) is 1. The maximum atomic E-state index is 13.2. The second kappa shape index (κ2) is 11.2. The van der Waals surface area contributed by atoms with Gasteiger partial charge in [0.05, 0.1) is 7.11 Å². The normalized spacial score (nSPS) is 12.7. The van der Waals surface area contributed by atoms with E-state index >= 15 is 0 Å². The van der Waals surface area contributed by atoms with E-state index in [2.05, 4.69) is 5.32 Å². The van der Waals surface area contributed by atoms with Gasteiger partial charge in [-0.05, 0) is 36.6 Å². The molecule has 29 heavy (non-hydrogen) atoms. The molecule has 0 heterocycles. The van der Waals surface area contributed by atoms with Gasteiger partial charge in [-0.2, -0.15) is 0 Å². The summed E-state index contributed by atoms with van der Waals surface area (Å²) in [6.07, 6.45) is 1.64. The highest BCUT2D eigenvalue weighted by molar-refractivity contribution is 5.88. The first-order valence-corrected chi connectivity index (χ1v) is 10.2. The molecule has 0 fully saturated rings. The van der Waals surface area contributed by atoms with Gasteiger partial charge in [-0.1, -0.05) is 56.3 Å². The fraction of sp³-hybridized carbons (Fsp3) is 0.417. The lowest BCUT2D eigenvalue weighted by Gasteiger charge is -2.32. The second-order valence-electron chi connectivity index (χ2n) is 7.25. The van der Waals surface area contributed by atoms with Crippen LogP contribution in [-0.4, -0.2) is 35.9 Å². The molecule has 2 atom stereocenters. The minimum atomic E-state index is -0.579. The van der Waals surface area contributed by atoms with Crippen molar-refractivity contribution in [3.8, 4) is 5.75 Å². The van der Waals surface area contributed by atoms with Gasteiger partial charge in [0.25, 0.3) is 0 Å². The van der Waals surface area contributed by atoms with Gasteiger partial charge in [-0.25, -0.2) is 0 Å². The Morgan fingerprint density at radius 2 is 1.72 bits per heavy atom. The molecule has 0 spiro atoms. The molecule has 1 N–H and O–H groups in total. The minimum absolute atomic E-state index is 0.0481. The molecular formula is C24H32N2O3. The summed E-state index contributed by atoms with van der Waals surface area (Å²) in [7, 11) is 1.62. The van der Waals surface area contributed by atoms with E-state index in [9.17, 15) is 9.59 Å². The summed E-state index contributed by atoms with van der Waals surface area (Å²) in [4.78, 5) is 27.7. The van der Waals surface area contributed by atoms with Crippen LogP contribution in [0.15, 0.2) is 54.6 Å². The Kier molecular flexibility index (Phi) is 8.71. The molecule has 0 aliphatic heterocycles. The molecule has 0 bridgehead atoms. The number of nitrogens with one attached hydrogen (secondary N) is 1. The van der Waals surface area contributed by atoms with Crippen molar-refractivity contribution in [3.05, 3.63) is 65.7 Å². The van der Waals surface area contributed by atoms with Gasteiger partial charge < -0.3 is 15.0 Å². The van der Waals surface area contributed by atoms with E-state index in [0.717, 1.165) is 23.3 Å². The molecule has 0 radical (unpaired) electrons. The molecule has 0 aromatic heterocycles. The maximum Gasteiger partial charge on any atom is 0.243 e. The van der Waals surface area contributed by atoms with Crippen molar-refractivity contribution >= 4 is 11.8 Å². The number of rotatable bonds is 10. The molecule has 2 rings (SSSR count). The molecule has 2 aromatic rings. The van der Waals surface area contributed by atoms with Crippen molar-refractivity contribution < 1.29 is 14.3 Å². The number of carbonyl (C=O) groups excluding carboxylic acids is 2. The van der Waals surface area contributed by atoms with E-state index in [-0.39, 0.29) is 17.9 Å². The Hall–Kier alpha value is -2.82. The molecule has 2 unspecified atom stereocenters. The monoisotopic (exact) mass is 396 g/mol. The Morgan fingerprint density at radius 3 is 2.34 bits per heavy atom. The second-order valence-corrected chi connectivity index (χ2v) is 7.25. The highest BCUT2D eigenvalue weighted by atomic mass is 16.5. The van der Waals surface area contributed by atoms with Crippen molar-refractivity contribution in [1.82, 2.24) is 10.2 Å². The fourth-order valence-corrected chi connectivity index (χ4v) is 3.17. The number of benzene rings is 2. The van der Waals surface area contributed by atoms with Crippen LogP contribution in [0.2, 0.25) is 0 Å². The molecule has 0 aliphatic rings. The van der Waals surface area contributed by atoms with Crippen LogP contribution < -0.4 is 10.1 Å². The molecule has 5 nitrogen and oxygen atoms in total. The van der Waals surface area contributed by atoms with E-state index < -0.39 is 6.04 Å². The zero-order valence-electron chi connectivity index (χ0n) is 17.9. The third-order valence-corrected chi connectivity index (χ3v) is 5.06. The number of hydrogen-bond donors (Lipinski definition) is 1. The average Bonchev–Trinajstić information content (AvgIpc) is 2.76. The van der Waals surface area contributed by atoms with Gasteiger partial charge in [0.15, 0.2) is 0 Å². The van der Waals surface area contributed by atoms with Crippen LogP contribution in [0, 0.1) is 0 Å². The predicted molar refractivity (Wildman–Crippen MR) is 116 cm³/mol. The van der Waals surface area contributed by atoms with Crippen LogP contribution in [0.5, 0.6) is 5.75 Å². The van der Waals surface area contributed by atoms with E-state index in [4.69, 9.17) is 4.74 Å². The molecule has 0 saturated heterocycles. The first kappa shape index (κ1) is 22.5. The summed E-state index contributed by atoms with van der Waals surface area (Å²) < 4.78 is 5.31. The quantitative estimate of drug-likeness (QED) is 0.661. The van der Waals surface area contributed by atoms with Gasteiger partial charge >= 0.3 is 0 Å². The van der Waals surface area contributed by atoms with Crippen LogP contribution in [0.25, 0.3) is 0 Å². The summed E-state index contributed by atoms with van der Waals surface area (Å²) >= 11 is 0. The van der Waals surface area contributed by atoms with Gasteiger partial charge in [0, 0.05) is 25.4 Å². The topological polar surface area (TPSA) is 58.6 Å². The van der Waals surface area contributed by atoms with Crippen LogP contribution in [0.3, 0.4) is 0 Å². The van der Waals surface area contributed by atoms with Gasteiger partial charge in [0.1, 0.15) is 11.8 Å². The van der Waals surface area contributed by atoms with Crippen molar-refractivity contribution in [2.75, 3.05) is 7.11 Å². The lowest BCUT2D eigenvalue weighted by Crippen LogP contribution is -2.52. The lowest BCUT2D eigenvalue weighted by molar-refractivity contribution is -0.141. The van der Waals surface area contributed by atoms with Gasteiger partial charge in [-0.3, -0.25) is 9.59 Å². The SMILES string of the molecule is CCC(=O)N(Cc1cccc(OC)c1)C(Cc1ccccc1)C(=O)NC(C)CC. The van der Waals surface area contributed by atoms with Crippen molar-refractivity contribution in [3.63, 3.8) is 0 Å². The van der Waals surface area contributed by atoms with E-state index in [1.165, 1.54) is 0 Å². The Balaban J connectivity index is 2.36. The zero-order chi connectivity index (χ0) is 21.2. The third-order valence-electron chi connectivity index (χ3n) is 5.06. The zero-order valence-corrected chi connectivity index (χ0v) is 17.9. The first-order valence-electron chi connectivity index (χ1n) is 10.2. The number of methoxy groups -OCH3 is 1. The smallest absolute Gasteiger partial charge is 0.243 e. The number of carbonyl (C=O) groups is 2. The fourth-order valence-electron chi connectivity index (χ4n) is 3.17. The molecule has 0 saturated carbocycles. The predicted octanol–water partition coefficient (Wildman–Crippen LogP) is 3.96. The summed E-state index contributed by atoms with van der Waals surface area (Å²) in [5.41, 5.74) is 1.96. The largest absolute Gasteiger partial charge is 0.497 e. The Labute approximate surface area is 174 Å². The Morgan fingerprint density at radius 1 is 1.03 bits per heavy atom. The highest BCUT2D eigenvalue weighted by Gasteiger charge is 2.30. The van der Waals surface area contributed by atoms with Crippen molar-refractivity contribution in [1.29, 1.82) is 0 Å². The molecule has 2 aromatic carbocycles. The van der Waals surface area contributed by atoms with Crippen molar-refractivity contribution in [2.45, 2.75) is 58.7 Å². The van der Waals surface area contributed by atoms with E-state index in [1.54, 1.807) is 12.0 Å². The Bertz CT molecular complexity index is 792. The van der Waals surface area contributed by atoms with E-state index in [1.807, 2.05) is 75.4 Å². The summed E-state index contributed by atoms with van der Waals surface area (Å²) in [5, 5.41) is 3.06. The number of ether oxygens (including phenoxy) is 1. The summed E-state index contributed by atoms with van der Waals surface area (Å²) in [6, 6.07) is 16.9. The third kappa shape index (κ3) is 6.63. The average molecular weight is 397 g/mol. The van der Waals surface area contributed by atoms with E-state index in [0.29, 0.717) is 19.4 Å². The number of hydrogen-bond acceptors (Lipinski definition) is 3. The standard InChI is InChI=1S/C24H32N2O3/c1-5-18(3)25-24(28)22(16-19-11-8-7-9-12-19)26(23(27)6-2)17-20-13-10-14-21(15-20)29-4/h7-15,18,22H,5-6,16-17H2,1-4H3,(H,25,28). The molecule has 5 heteroatoms. The van der Waals surface area contributed by atoms with Gasteiger partial charge in [0.2, 0.25) is 11.8 Å². The van der Waals surface area contributed by atoms with Crippen LogP contribution in [0.4, 0.5) is 0 Å². The highest BCUT2D eigenvalue weighted by Crippen LogP contribution is 2.19. The first-order chi connectivity index (χ1) is 14.0. The minimum Gasteiger partial charge on any atom is -0.497 e. The molecular weight excluding hydrogens is 364 g/mol. The van der Waals surface area contributed by atoms with Crippen LogP contribution >= 0.6 is 0 Å². The molecule has 0 aliphatic carbocycles. The van der Waals surface area contributed by atoms with Crippen LogP contribution in [0.1, 0.15) is 44.7 Å². The summed E-state index contributed by atoms with van der Waals surface area (Å²) in [5.74, 6) is 0.566. The van der Waals surface area contributed by atoms with Crippen LogP contribution in [-0.2, 0) is 22.6 Å². The molecule has 2 amide bonds. The van der Waals surface area contributed by atoms with Crippen molar-refractivity contribution in [2.24, 2.45) is 0 Å². The van der Waals surface area contributed by atoms with Gasteiger partial charge in [-0.15, -0.1) is 0 Å². The number of amides is 2. The summed E-state index contributed by atoms with van der Waals surface area (Å²) in [6.45, 7) is 6.19. The lowest BCUT2D eigenvalue weighted by atomic mass is 10.0. The molecule has 156 valence electrons.